The molecule has 0 aromatic heterocycles. The molecule has 0 saturated carbocycles. The van der Waals surface area contributed by atoms with Gasteiger partial charge < -0.3 is 15.8 Å². The molecule has 3 N–H and O–H groups in total. The minimum atomic E-state index is -0.393. The van der Waals surface area contributed by atoms with Crippen LogP contribution < -0.4 is 11.1 Å². The van der Waals surface area contributed by atoms with E-state index >= 15 is 0 Å². The van der Waals surface area contributed by atoms with E-state index in [0.717, 1.165) is 26.3 Å². The number of nitrogens with zero attached hydrogens (tertiary/aromatic N) is 1. The molecular weight excluding hydrogens is 218 g/mol. The summed E-state index contributed by atoms with van der Waals surface area (Å²) in [6.07, 6.45) is 0.670. The molecule has 1 fully saturated rings. The van der Waals surface area contributed by atoms with Crippen LogP contribution in [0.25, 0.3) is 0 Å². The van der Waals surface area contributed by atoms with Gasteiger partial charge in [0.2, 0.25) is 5.91 Å². The Bertz CT molecular complexity index is 250. The molecule has 0 unspecified atom stereocenters. The van der Waals surface area contributed by atoms with Crippen LogP contribution >= 0.6 is 0 Å². The Balaban J connectivity index is 2.40. The molecule has 1 aliphatic heterocycles. The molecule has 0 bridgehead atoms. The first-order valence-corrected chi connectivity index (χ1v) is 6.33. The van der Waals surface area contributed by atoms with Gasteiger partial charge in [-0.05, 0) is 20.3 Å². The van der Waals surface area contributed by atoms with Crippen molar-refractivity contribution in [2.45, 2.75) is 38.8 Å². The number of amides is 1. The number of ether oxygens (including phenoxy) is 1. The molecule has 0 radical (unpaired) electrons. The van der Waals surface area contributed by atoms with Crippen molar-refractivity contribution in [3.05, 3.63) is 0 Å². The number of hydrogen-bond acceptors (Lipinski definition) is 4. The van der Waals surface area contributed by atoms with E-state index in [1.165, 1.54) is 0 Å². The quantitative estimate of drug-likeness (QED) is 0.710. The van der Waals surface area contributed by atoms with Crippen molar-refractivity contribution in [2.24, 2.45) is 5.73 Å². The Kier molecular flexibility index (Phi) is 5.36. The number of morpholine rings is 1. The lowest BCUT2D eigenvalue weighted by Gasteiger charge is -2.41. The lowest BCUT2D eigenvalue weighted by atomic mass is 10.0. The van der Waals surface area contributed by atoms with E-state index in [4.69, 9.17) is 10.5 Å². The second-order valence-corrected chi connectivity index (χ2v) is 5.14. The summed E-state index contributed by atoms with van der Waals surface area (Å²) in [5.74, 6) is -0.0613. The highest BCUT2D eigenvalue weighted by molar-refractivity contribution is 5.81. The van der Waals surface area contributed by atoms with Gasteiger partial charge in [0.25, 0.3) is 0 Å². The first-order valence-electron chi connectivity index (χ1n) is 6.33. The van der Waals surface area contributed by atoms with Crippen molar-refractivity contribution in [1.29, 1.82) is 0 Å². The van der Waals surface area contributed by atoms with E-state index in [1.54, 1.807) is 0 Å². The summed E-state index contributed by atoms with van der Waals surface area (Å²) in [5.41, 5.74) is 5.63. The lowest BCUT2D eigenvalue weighted by molar-refractivity contribution is -0.123. The molecule has 0 aromatic rings. The number of hydrogen-bond donors (Lipinski definition) is 2. The topological polar surface area (TPSA) is 67.6 Å². The van der Waals surface area contributed by atoms with Crippen LogP contribution in [0.5, 0.6) is 0 Å². The Labute approximate surface area is 104 Å². The van der Waals surface area contributed by atoms with Crippen LogP contribution in [0.15, 0.2) is 0 Å². The maximum atomic E-state index is 11.6. The second kappa shape index (κ2) is 6.33. The average Bonchev–Trinajstić information content (AvgIpc) is 2.36. The third-order valence-corrected chi connectivity index (χ3v) is 3.34. The van der Waals surface area contributed by atoms with Crippen molar-refractivity contribution in [3.63, 3.8) is 0 Å². The summed E-state index contributed by atoms with van der Waals surface area (Å²) in [7, 11) is 0. The van der Waals surface area contributed by atoms with Gasteiger partial charge in [-0.1, -0.05) is 6.92 Å². The Morgan fingerprint density at radius 3 is 2.59 bits per heavy atom. The number of nitrogens with one attached hydrogen (secondary N) is 1. The predicted molar refractivity (Wildman–Crippen MR) is 67.7 cm³/mol. The summed E-state index contributed by atoms with van der Waals surface area (Å²) >= 11 is 0. The predicted octanol–water partition coefficient (Wildman–Crippen LogP) is -0.0493. The van der Waals surface area contributed by atoms with Crippen LogP contribution in [0.3, 0.4) is 0 Å². The first-order chi connectivity index (χ1) is 7.97. The van der Waals surface area contributed by atoms with Crippen molar-refractivity contribution in [3.8, 4) is 0 Å². The molecule has 1 saturated heterocycles. The van der Waals surface area contributed by atoms with Crippen molar-refractivity contribution >= 4 is 5.91 Å². The summed E-state index contributed by atoms with van der Waals surface area (Å²) in [6, 6.07) is -0.393. The molecule has 1 atom stereocenters. The smallest absolute Gasteiger partial charge is 0.236 e. The summed E-state index contributed by atoms with van der Waals surface area (Å²) in [4.78, 5) is 14.0. The normalized spacial score (nSPS) is 20.0. The van der Waals surface area contributed by atoms with Crippen LogP contribution in [0.4, 0.5) is 0 Å². The van der Waals surface area contributed by atoms with Crippen LogP contribution in [0.1, 0.15) is 27.2 Å². The van der Waals surface area contributed by atoms with Gasteiger partial charge in [0.15, 0.2) is 0 Å². The van der Waals surface area contributed by atoms with Crippen LogP contribution in [0.2, 0.25) is 0 Å². The van der Waals surface area contributed by atoms with E-state index in [1.807, 2.05) is 6.92 Å². The molecule has 1 heterocycles. The number of nitrogens with two attached hydrogens (primary N) is 1. The fourth-order valence-corrected chi connectivity index (χ4v) is 1.90. The Hall–Kier alpha value is -0.650. The van der Waals surface area contributed by atoms with Gasteiger partial charge >= 0.3 is 0 Å². The monoisotopic (exact) mass is 243 g/mol. The third-order valence-electron chi connectivity index (χ3n) is 3.34. The minimum absolute atomic E-state index is 0.0487. The van der Waals surface area contributed by atoms with Crippen LogP contribution in [0, 0.1) is 0 Å². The molecular formula is C12H25N3O2. The average molecular weight is 243 g/mol. The Morgan fingerprint density at radius 1 is 1.47 bits per heavy atom. The third kappa shape index (κ3) is 4.26. The molecule has 1 amide bonds. The van der Waals surface area contributed by atoms with Gasteiger partial charge in [0.1, 0.15) is 0 Å². The van der Waals surface area contributed by atoms with Crippen LogP contribution in [-0.4, -0.2) is 55.2 Å². The molecule has 1 aliphatic rings. The highest BCUT2D eigenvalue weighted by atomic mass is 16.5. The van der Waals surface area contributed by atoms with Crippen molar-refractivity contribution in [2.75, 3.05) is 32.8 Å². The number of rotatable bonds is 5. The number of carbonyl (C=O) groups excluding carboxylic acids is 1. The van der Waals surface area contributed by atoms with Gasteiger partial charge in [-0.2, -0.15) is 0 Å². The van der Waals surface area contributed by atoms with E-state index in [-0.39, 0.29) is 11.4 Å². The zero-order chi connectivity index (χ0) is 12.9. The Morgan fingerprint density at radius 2 is 2.06 bits per heavy atom. The highest BCUT2D eigenvalue weighted by Gasteiger charge is 2.28. The maximum absolute atomic E-state index is 11.6. The van der Waals surface area contributed by atoms with Gasteiger partial charge in [-0.3, -0.25) is 9.69 Å². The van der Waals surface area contributed by atoms with Crippen molar-refractivity contribution < 1.29 is 9.53 Å². The number of carbonyl (C=O) groups is 1. The SMILES string of the molecule is CC[C@H](N)C(=O)NCC(C)(C)N1CCOCC1. The zero-order valence-corrected chi connectivity index (χ0v) is 11.2. The molecule has 100 valence electrons. The van der Waals surface area contributed by atoms with E-state index in [9.17, 15) is 4.79 Å². The lowest BCUT2D eigenvalue weighted by Crippen LogP contribution is -2.56. The zero-order valence-electron chi connectivity index (χ0n) is 11.2. The molecule has 17 heavy (non-hydrogen) atoms. The highest BCUT2D eigenvalue weighted by Crippen LogP contribution is 2.15. The van der Waals surface area contributed by atoms with Gasteiger partial charge in [0.05, 0.1) is 19.3 Å². The molecule has 1 rings (SSSR count). The summed E-state index contributed by atoms with van der Waals surface area (Å²) in [5, 5.41) is 2.92. The molecule has 5 heteroatoms. The fraction of sp³-hybridized carbons (Fsp3) is 0.917. The fourth-order valence-electron chi connectivity index (χ4n) is 1.90. The largest absolute Gasteiger partial charge is 0.379 e. The maximum Gasteiger partial charge on any atom is 0.236 e. The van der Waals surface area contributed by atoms with E-state index in [2.05, 4.69) is 24.1 Å². The second-order valence-electron chi connectivity index (χ2n) is 5.14. The van der Waals surface area contributed by atoms with Gasteiger partial charge in [-0.15, -0.1) is 0 Å². The first kappa shape index (κ1) is 14.4. The molecule has 0 spiro atoms. The summed E-state index contributed by atoms with van der Waals surface area (Å²) < 4.78 is 5.33. The van der Waals surface area contributed by atoms with Gasteiger partial charge in [0, 0.05) is 25.2 Å². The van der Waals surface area contributed by atoms with E-state index in [0.29, 0.717) is 13.0 Å². The van der Waals surface area contributed by atoms with Gasteiger partial charge in [-0.25, -0.2) is 0 Å². The summed E-state index contributed by atoms with van der Waals surface area (Å²) in [6.45, 7) is 10.2. The molecule has 5 nitrogen and oxygen atoms in total. The minimum Gasteiger partial charge on any atom is -0.379 e. The van der Waals surface area contributed by atoms with E-state index < -0.39 is 6.04 Å². The van der Waals surface area contributed by atoms with Crippen LogP contribution in [-0.2, 0) is 9.53 Å². The van der Waals surface area contributed by atoms with Crippen molar-refractivity contribution in [1.82, 2.24) is 10.2 Å². The molecule has 0 aromatic carbocycles. The standard InChI is InChI=1S/C12H25N3O2/c1-4-10(13)11(16)14-9-12(2,3)15-5-7-17-8-6-15/h10H,4-9,13H2,1-3H3,(H,14,16)/t10-/m0/s1. The molecule has 0 aliphatic carbocycles.